The second-order valence-electron chi connectivity index (χ2n) is 3.24. The maximum atomic E-state index is 11.7. The van der Waals surface area contributed by atoms with E-state index in [-0.39, 0.29) is 5.56 Å². The number of fused-ring (bicyclic) bond motifs is 1. The van der Waals surface area contributed by atoms with E-state index < -0.39 is 0 Å². The molecule has 1 N–H and O–H groups in total. The summed E-state index contributed by atoms with van der Waals surface area (Å²) in [6.07, 6.45) is 0. The van der Waals surface area contributed by atoms with Crippen LogP contribution in [0.3, 0.4) is 0 Å². The molecule has 2 nitrogen and oxygen atoms in total. The molecule has 15 heavy (non-hydrogen) atoms. The molecule has 2 rings (SSSR count). The molecule has 1 aromatic heterocycles. The lowest BCUT2D eigenvalue weighted by Crippen LogP contribution is -2.09. The first kappa shape index (κ1) is 10.1. The van der Waals surface area contributed by atoms with E-state index >= 15 is 0 Å². The third-order valence-corrected chi connectivity index (χ3v) is 3.22. The number of aromatic nitrogens is 1. The third-order valence-electron chi connectivity index (χ3n) is 2.33. The van der Waals surface area contributed by atoms with E-state index in [4.69, 9.17) is 0 Å². The van der Waals surface area contributed by atoms with Gasteiger partial charge in [0.25, 0.3) is 5.56 Å². The van der Waals surface area contributed by atoms with Crippen molar-refractivity contribution in [3.63, 3.8) is 0 Å². The number of rotatable bonds is 2. The van der Waals surface area contributed by atoms with Gasteiger partial charge in [-0.1, -0.05) is 36.5 Å². The Hall–Kier alpha value is -1.48. The summed E-state index contributed by atoms with van der Waals surface area (Å²) in [4.78, 5) is 15.3. The molecule has 0 atom stereocenters. The Balaban J connectivity index is 2.83. The number of thioether (sulfide) groups is 1. The first-order valence-corrected chi connectivity index (χ1v) is 5.51. The minimum atomic E-state index is -0.0453. The standard InChI is InChI=1S/C12H11NOS/c1-3-15-11-8(2)9-6-4-5-7-10(9)13-12(11)14/h3-7H,1H2,2H3,(H,13,14). The highest BCUT2D eigenvalue weighted by Gasteiger charge is 2.07. The van der Waals surface area contributed by atoms with E-state index in [1.165, 1.54) is 11.8 Å². The summed E-state index contributed by atoms with van der Waals surface area (Å²) in [5.74, 6) is 0. The number of benzene rings is 1. The van der Waals surface area contributed by atoms with Crippen LogP contribution in [0.4, 0.5) is 0 Å². The van der Waals surface area contributed by atoms with Crippen LogP contribution in [0.2, 0.25) is 0 Å². The predicted molar refractivity (Wildman–Crippen MR) is 65.4 cm³/mol. The molecule has 0 unspecified atom stereocenters. The van der Waals surface area contributed by atoms with E-state index in [0.717, 1.165) is 21.4 Å². The fourth-order valence-electron chi connectivity index (χ4n) is 1.62. The topological polar surface area (TPSA) is 32.9 Å². The Morgan fingerprint density at radius 1 is 1.40 bits per heavy atom. The summed E-state index contributed by atoms with van der Waals surface area (Å²) in [5.41, 5.74) is 1.85. The minimum absolute atomic E-state index is 0.0453. The SMILES string of the molecule is C=CSc1c(C)c2ccccc2[nH]c1=O. The Morgan fingerprint density at radius 2 is 2.13 bits per heavy atom. The zero-order valence-electron chi connectivity index (χ0n) is 8.41. The molecule has 3 heteroatoms. The van der Waals surface area contributed by atoms with Gasteiger partial charge in [-0.25, -0.2) is 0 Å². The number of H-pyrrole nitrogens is 1. The van der Waals surface area contributed by atoms with Crippen molar-refractivity contribution in [2.45, 2.75) is 11.8 Å². The summed E-state index contributed by atoms with van der Waals surface area (Å²) < 4.78 is 0. The van der Waals surface area contributed by atoms with Gasteiger partial charge in [0.1, 0.15) is 0 Å². The minimum Gasteiger partial charge on any atom is -0.321 e. The van der Waals surface area contributed by atoms with Crippen molar-refractivity contribution < 1.29 is 0 Å². The summed E-state index contributed by atoms with van der Waals surface area (Å²) in [6, 6.07) is 7.80. The average molecular weight is 217 g/mol. The molecular weight excluding hydrogens is 206 g/mol. The van der Waals surface area contributed by atoms with E-state index in [1.54, 1.807) is 5.41 Å². The van der Waals surface area contributed by atoms with E-state index in [0.29, 0.717) is 0 Å². The van der Waals surface area contributed by atoms with E-state index in [1.807, 2.05) is 31.2 Å². The summed E-state index contributed by atoms with van der Waals surface area (Å²) in [7, 11) is 0. The van der Waals surface area contributed by atoms with Crippen LogP contribution in [0.25, 0.3) is 10.9 Å². The molecule has 76 valence electrons. The highest BCUT2D eigenvalue weighted by atomic mass is 32.2. The van der Waals surface area contributed by atoms with Gasteiger partial charge < -0.3 is 4.98 Å². The molecule has 0 aliphatic carbocycles. The second-order valence-corrected chi connectivity index (χ2v) is 4.22. The molecule has 1 heterocycles. The van der Waals surface area contributed by atoms with E-state index in [2.05, 4.69) is 11.6 Å². The number of nitrogens with one attached hydrogen (secondary N) is 1. The Labute approximate surface area is 92.0 Å². The molecule has 0 bridgehead atoms. The first-order valence-electron chi connectivity index (χ1n) is 4.63. The van der Waals surface area contributed by atoms with Crippen molar-refractivity contribution >= 4 is 22.7 Å². The zero-order valence-corrected chi connectivity index (χ0v) is 9.23. The lowest BCUT2D eigenvalue weighted by atomic mass is 10.1. The quantitative estimate of drug-likeness (QED) is 0.784. The summed E-state index contributed by atoms with van der Waals surface area (Å²) in [5, 5.41) is 2.76. The van der Waals surface area contributed by atoms with Gasteiger partial charge >= 0.3 is 0 Å². The van der Waals surface area contributed by atoms with Gasteiger partial charge in [-0.3, -0.25) is 4.79 Å². The molecule has 0 fully saturated rings. The largest absolute Gasteiger partial charge is 0.321 e. The van der Waals surface area contributed by atoms with Gasteiger partial charge in [0, 0.05) is 10.9 Å². The van der Waals surface area contributed by atoms with Crippen molar-refractivity contribution in [3.8, 4) is 0 Å². The maximum absolute atomic E-state index is 11.7. The molecule has 0 aliphatic heterocycles. The number of hydrogen-bond donors (Lipinski definition) is 1. The predicted octanol–water partition coefficient (Wildman–Crippen LogP) is 3.07. The van der Waals surface area contributed by atoms with Crippen LogP contribution in [0, 0.1) is 6.92 Å². The van der Waals surface area contributed by atoms with Crippen molar-refractivity contribution in [3.05, 3.63) is 52.2 Å². The molecule has 0 saturated carbocycles. The normalized spacial score (nSPS) is 10.5. The molecule has 0 amide bonds. The van der Waals surface area contributed by atoms with Crippen LogP contribution in [-0.4, -0.2) is 4.98 Å². The van der Waals surface area contributed by atoms with E-state index in [9.17, 15) is 4.79 Å². The number of pyridine rings is 1. The van der Waals surface area contributed by atoms with Crippen LogP contribution < -0.4 is 5.56 Å². The second kappa shape index (κ2) is 3.95. The van der Waals surface area contributed by atoms with Crippen molar-refractivity contribution in [2.75, 3.05) is 0 Å². The fourth-order valence-corrected chi connectivity index (χ4v) is 2.23. The summed E-state index contributed by atoms with van der Waals surface area (Å²) in [6.45, 7) is 5.59. The van der Waals surface area contributed by atoms with Crippen molar-refractivity contribution in [1.29, 1.82) is 0 Å². The Bertz CT molecular complexity index is 571. The molecule has 0 aliphatic rings. The number of aromatic amines is 1. The molecule has 0 spiro atoms. The van der Waals surface area contributed by atoms with Crippen LogP contribution >= 0.6 is 11.8 Å². The zero-order chi connectivity index (χ0) is 10.8. The Morgan fingerprint density at radius 3 is 2.87 bits per heavy atom. The molecule has 2 aromatic rings. The van der Waals surface area contributed by atoms with Crippen LogP contribution in [0.15, 0.2) is 45.9 Å². The van der Waals surface area contributed by atoms with Crippen molar-refractivity contribution in [2.24, 2.45) is 0 Å². The third kappa shape index (κ3) is 1.70. The molecule has 0 radical (unpaired) electrons. The smallest absolute Gasteiger partial charge is 0.262 e. The fraction of sp³-hybridized carbons (Fsp3) is 0.0833. The van der Waals surface area contributed by atoms with Gasteiger partial charge in [0.05, 0.1) is 4.90 Å². The van der Waals surface area contributed by atoms with Crippen molar-refractivity contribution in [1.82, 2.24) is 4.98 Å². The summed E-state index contributed by atoms with van der Waals surface area (Å²) >= 11 is 1.36. The maximum Gasteiger partial charge on any atom is 0.262 e. The molecule has 1 aromatic carbocycles. The highest BCUT2D eigenvalue weighted by molar-refractivity contribution is 8.02. The first-order chi connectivity index (χ1) is 7.24. The van der Waals surface area contributed by atoms with Gasteiger partial charge in [-0.2, -0.15) is 0 Å². The molecule has 0 saturated heterocycles. The van der Waals surface area contributed by atoms with Gasteiger partial charge in [0.15, 0.2) is 0 Å². The van der Waals surface area contributed by atoms with Gasteiger partial charge in [-0.05, 0) is 24.0 Å². The molecular formula is C12H11NOS. The lowest BCUT2D eigenvalue weighted by Gasteiger charge is -2.05. The average Bonchev–Trinajstić information content (AvgIpc) is 2.24. The Kier molecular flexibility index (Phi) is 2.64. The van der Waals surface area contributed by atoms with Crippen LogP contribution in [0.5, 0.6) is 0 Å². The number of hydrogen-bond acceptors (Lipinski definition) is 2. The van der Waals surface area contributed by atoms with Gasteiger partial charge in [0.2, 0.25) is 0 Å². The number of aryl methyl sites for hydroxylation is 1. The van der Waals surface area contributed by atoms with Gasteiger partial charge in [-0.15, -0.1) is 0 Å². The van der Waals surface area contributed by atoms with Crippen LogP contribution in [0.1, 0.15) is 5.56 Å². The monoisotopic (exact) mass is 217 g/mol. The highest BCUT2D eigenvalue weighted by Crippen LogP contribution is 2.24. The number of para-hydroxylation sites is 1. The lowest BCUT2D eigenvalue weighted by molar-refractivity contribution is 1.15. The van der Waals surface area contributed by atoms with Crippen LogP contribution in [-0.2, 0) is 0 Å².